The highest BCUT2D eigenvalue weighted by Crippen LogP contribution is 2.31. The summed E-state index contributed by atoms with van der Waals surface area (Å²) in [6.45, 7) is 10.8. The summed E-state index contributed by atoms with van der Waals surface area (Å²) in [5.74, 6) is 0. The largest absolute Gasteiger partial charge is 0.381 e. The van der Waals surface area contributed by atoms with Crippen LogP contribution in [0.15, 0.2) is 12.2 Å². The SMILES string of the molecule is C=C(C)CC(NCC)C1(OC)CCOCC1. The molecule has 1 rings (SSSR count). The molecule has 0 aromatic rings. The lowest BCUT2D eigenvalue weighted by Crippen LogP contribution is -2.55. The van der Waals surface area contributed by atoms with E-state index in [1.165, 1.54) is 5.57 Å². The van der Waals surface area contributed by atoms with Crippen molar-refractivity contribution in [2.75, 3.05) is 26.9 Å². The Kier molecular flexibility index (Phi) is 5.46. The average Bonchev–Trinajstić information content (AvgIpc) is 2.29. The van der Waals surface area contributed by atoms with Crippen molar-refractivity contribution >= 4 is 0 Å². The summed E-state index contributed by atoms with van der Waals surface area (Å²) >= 11 is 0. The Bertz CT molecular complexity index is 222. The number of methoxy groups -OCH3 is 1. The zero-order valence-electron chi connectivity index (χ0n) is 10.8. The molecule has 1 aliphatic heterocycles. The van der Waals surface area contributed by atoms with Crippen molar-refractivity contribution in [1.29, 1.82) is 0 Å². The van der Waals surface area contributed by atoms with Crippen LogP contribution in [0.3, 0.4) is 0 Å². The van der Waals surface area contributed by atoms with Crippen molar-refractivity contribution in [2.24, 2.45) is 0 Å². The Hall–Kier alpha value is -0.380. The summed E-state index contributed by atoms with van der Waals surface area (Å²) < 4.78 is 11.2. The molecule has 94 valence electrons. The van der Waals surface area contributed by atoms with E-state index in [2.05, 4.69) is 25.7 Å². The van der Waals surface area contributed by atoms with Gasteiger partial charge in [0.1, 0.15) is 0 Å². The van der Waals surface area contributed by atoms with Gasteiger partial charge in [-0.15, -0.1) is 6.58 Å². The molecule has 1 aliphatic rings. The van der Waals surface area contributed by atoms with E-state index in [1.54, 1.807) is 0 Å². The van der Waals surface area contributed by atoms with Crippen molar-refractivity contribution in [2.45, 2.75) is 44.8 Å². The molecule has 0 spiro atoms. The van der Waals surface area contributed by atoms with E-state index in [4.69, 9.17) is 9.47 Å². The monoisotopic (exact) mass is 227 g/mol. The molecule has 0 saturated carbocycles. The van der Waals surface area contributed by atoms with Crippen LogP contribution in [0.25, 0.3) is 0 Å². The fraction of sp³-hybridized carbons (Fsp3) is 0.846. The molecule has 1 saturated heterocycles. The molecule has 1 N–H and O–H groups in total. The first-order valence-electron chi connectivity index (χ1n) is 6.15. The molecule has 0 radical (unpaired) electrons. The molecule has 0 bridgehead atoms. The first-order valence-corrected chi connectivity index (χ1v) is 6.15. The van der Waals surface area contributed by atoms with Crippen LogP contribution in [-0.4, -0.2) is 38.5 Å². The first-order chi connectivity index (χ1) is 7.64. The van der Waals surface area contributed by atoms with Gasteiger partial charge >= 0.3 is 0 Å². The van der Waals surface area contributed by atoms with Crippen molar-refractivity contribution in [3.8, 4) is 0 Å². The van der Waals surface area contributed by atoms with Crippen LogP contribution in [-0.2, 0) is 9.47 Å². The molecule has 3 heteroatoms. The molecule has 1 unspecified atom stereocenters. The minimum absolute atomic E-state index is 0.0762. The zero-order valence-corrected chi connectivity index (χ0v) is 10.8. The van der Waals surface area contributed by atoms with E-state index in [9.17, 15) is 0 Å². The number of hydrogen-bond acceptors (Lipinski definition) is 3. The highest BCUT2D eigenvalue weighted by Gasteiger charge is 2.39. The van der Waals surface area contributed by atoms with Crippen molar-refractivity contribution < 1.29 is 9.47 Å². The smallest absolute Gasteiger partial charge is 0.0877 e. The highest BCUT2D eigenvalue weighted by atomic mass is 16.5. The standard InChI is InChI=1S/C13H25NO2/c1-5-14-12(10-11(2)3)13(15-4)6-8-16-9-7-13/h12,14H,2,5-10H2,1,3-4H3. The Morgan fingerprint density at radius 3 is 2.56 bits per heavy atom. The van der Waals surface area contributed by atoms with Gasteiger partial charge < -0.3 is 14.8 Å². The number of rotatable bonds is 6. The van der Waals surface area contributed by atoms with Gasteiger partial charge in [0.05, 0.1) is 5.60 Å². The lowest BCUT2D eigenvalue weighted by Gasteiger charge is -2.42. The summed E-state index contributed by atoms with van der Waals surface area (Å²) in [6, 6.07) is 0.351. The third-order valence-corrected chi connectivity index (χ3v) is 3.38. The van der Waals surface area contributed by atoms with Crippen molar-refractivity contribution in [3.05, 3.63) is 12.2 Å². The first kappa shape index (κ1) is 13.7. The van der Waals surface area contributed by atoms with E-state index in [0.717, 1.165) is 39.0 Å². The Morgan fingerprint density at radius 2 is 2.12 bits per heavy atom. The Labute approximate surface area is 99.2 Å². The van der Waals surface area contributed by atoms with E-state index < -0.39 is 0 Å². The third kappa shape index (κ3) is 3.30. The minimum atomic E-state index is -0.0762. The van der Waals surface area contributed by atoms with Gasteiger partial charge in [0, 0.05) is 39.2 Å². The molecule has 0 aromatic heterocycles. The van der Waals surface area contributed by atoms with Crippen LogP contribution in [0.2, 0.25) is 0 Å². The van der Waals surface area contributed by atoms with Crippen molar-refractivity contribution in [1.82, 2.24) is 5.32 Å². The van der Waals surface area contributed by atoms with Gasteiger partial charge in [-0.2, -0.15) is 0 Å². The van der Waals surface area contributed by atoms with E-state index >= 15 is 0 Å². The second-order valence-electron chi connectivity index (χ2n) is 4.65. The van der Waals surface area contributed by atoms with E-state index in [1.807, 2.05) is 7.11 Å². The number of ether oxygens (including phenoxy) is 2. The second kappa shape index (κ2) is 6.38. The molecule has 3 nitrogen and oxygen atoms in total. The van der Waals surface area contributed by atoms with Gasteiger partial charge in [-0.05, 0) is 19.9 Å². The predicted molar refractivity (Wildman–Crippen MR) is 66.7 cm³/mol. The summed E-state index contributed by atoms with van der Waals surface area (Å²) in [4.78, 5) is 0. The number of likely N-dealkylation sites (N-methyl/N-ethyl adjacent to an activating group) is 1. The summed E-state index contributed by atoms with van der Waals surface area (Å²) in [7, 11) is 1.81. The van der Waals surface area contributed by atoms with Crippen molar-refractivity contribution in [3.63, 3.8) is 0 Å². The molecule has 1 atom stereocenters. The average molecular weight is 227 g/mol. The van der Waals surface area contributed by atoms with E-state index in [0.29, 0.717) is 6.04 Å². The number of hydrogen-bond donors (Lipinski definition) is 1. The van der Waals surface area contributed by atoms with Crippen LogP contribution in [0.4, 0.5) is 0 Å². The van der Waals surface area contributed by atoms with Crippen LogP contribution >= 0.6 is 0 Å². The maximum absolute atomic E-state index is 5.81. The van der Waals surface area contributed by atoms with Crippen LogP contribution in [0.1, 0.15) is 33.1 Å². The molecular formula is C13H25NO2. The lowest BCUT2D eigenvalue weighted by molar-refractivity contribution is -0.110. The maximum Gasteiger partial charge on any atom is 0.0877 e. The molecule has 1 fully saturated rings. The molecule has 0 aliphatic carbocycles. The lowest BCUT2D eigenvalue weighted by atomic mass is 9.83. The van der Waals surface area contributed by atoms with Crippen LogP contribution in [0.5, 0.6) is 0 Å². The summed E-state index contributed by atoms with van der Waals surface area (Å²) in [5, 5.41) is 3.53. The predicted octanol–water partition coefficient (Wildman–Crippen LogP) is 2.13. The Morgan fingerprint density at radius 1 is 1.50 bits per heavy atom. The van der Waals surface area contributed by atoms with Gasteiger partial charge in [0.15, 0.2) is 0 Å². The fourth-order valence-corrected chi connectivity index (χ4v) is 2.45. The normalized spacial score (nSPS) is 21.7. The topological polar surface area (TPSA) is 30.5 Å². The summed E-state index contributed by atoms with van der Waals surface area (Å²) in [5.41, 5.74) is 1.13. The molecular weight excluding hydrogens is 202 g/mol. The van der Waals surface area contributed by atoms with Crippen LogP contribution < -0.4 is 5.32 Å². The van der Waals surface area contributed by atoms with Gasteiger partial charge in [-0.25, -0.2) is 0 Å². The summed E-state index contributed by atoms with van der Waals surface area (Å²) in [6.07, 6.45) is 2.91. The van der Waals surface area contributed by atoms with Gasteiger partial charge in [0.2, 0.25) is 0 Å². The maximum atomic E-state index is 5.81. The molecule has 0 aromatic carbocycles. The molecule has 16 heavy (non-hydrogen) atoms. The van der Waals surface area contributed by atoms with Gasteiger partial charge in [-0.1, -0.05) is 12.5 Å². The zero-order chi connectivity index (χ0) is 12.0. The third-order valence-electron chi connectivity index (χ3n) is 3.38. The Balaban J connectivity index is 2.73. The second-order valence-corrected chi connectivity index (χ2v) is 4.65. The van der Waals surface area contributed by atoms with Crippen LogP contribution in [0, 0.1) is 0 Å². The van der Waals surface area contributed by atoms with Gasteiger partial charge in [-0.3, -0.25) is 0 Å². The fourth-order valence-electron chi connectivity index (χ4n) is 2.45. The minimum Gasteiger partial charge on any atom is -0.381 e. The quantitative estimate of drug-likeness (QED) is 0.705. The van der Waals surface area contributed by atoms with Gasteiger partial charge in [0.25, 0.3) is 0 Å². The van der Waals surface area contributed by atoms with E-state index in [-0.39, 0.29) is 5.60 Å². The number of nitrogens with one attached hydrogen (secondary N) is 1. The highest BCUT2D eigenvalue weighted by molar-refractivity contribution is 5.02. The molecule has 1 heterocycles. The molecule has 0 amide bonds.